The monoisotopic (exact) mass is 451 g/mol. The van der Waals surface area contributed by atoms with Gasteiger partial charge >= 0.3 is 11.9 Å². The molecule has 0 fully saturated rings. The number of rotatable bonds is 21. The molecule has 0 bridgehead atoms. The van der Waals surface area contributed by atoms with Gasteiger partial charge in [0.25, 0.3) is 0 Å². The average Bonchev–Trinajstić information content (AvgIpc) is 2.77. The van der Waals surface area contributed by atoms with E-state index in [1.807, 2.05) is 25.9 Å². The number of allylic oxidation sites excluding steroid dienone is 4. The van der Waals surface area contributed by atoms with Crippen LogP contribution in [0.5, 0.6) is 0 Å². The molecule has 0 aliphatic carbocycles. The van der Waals surface area contributed by atoms with Crippen LogP contribution in [-0.2, 0) is 19.1 Å². The van der Waals surface area contributed by atoms with E-state index in [1.165, 1.54) is 38.5 Å². The zero-order chi connectivity index (χ0) is 23.9. The summed E-state index contributed by atoms with van der Waals surface area (Å²) in [4.78, 5) is 25.4. The molecule has 0 aromatic rings. The van der Waals surface area contributed by atoms with Crippen molar-refractivity contribution in [3.8, 4) is 0 Å². The molecule has 0 aromatic carbocycles. The lowest BCUT2D eigenvalue weighted by Crippen LogP contribution is -2.21. The molecule has 186 valence electrons. The van der Waals surface area contributed by atoms with E-state index in [4.69, 9.17) is 9.47 Å². The van der Waals surface area contributed by atoms with Gasteiger partial charge in [-0.2, -0.15) is 0 Å². The summed E-state index contributed by atoms with van der Waals surface area (Å²) in [5, 5.41) is 0. The minimum atomic E-state index is -0.206. The molecule has 0 aliphatic rings. The molecule has 5 heteroatoms. The molecular weight excluding hydrogens is 402 g/mol. The highest BCUT2D eigenvalue weighted by atomic mass is 16.5. The van der Waals surface area contributed by atoms with E-state index >= 15 is 0 Å². The number of ether oxygens (including phenoxy) is 2. The van der Waals surface area contributed by atoms with E-state index in [0.29, 0.717) is 32.6 Å². The number of carbonyl (C=O) groups excluding carboxylic acids is 2. The predicted molar refractivity (Wildman–Crippen MR) is 134 cm³/mol. The first-order chi connectivity index (χ1) is 15.5. The minimum Gasteiger partial charge on any atom is -0.465 e. The van der Waals surface area contributed by atoms with Crippen LogP contribution in [-0.4, -0.2) is 50.7 Å². The number of nitrogens with zero attached hydrogens (tertiary/aromatic N) is 1. The van der Waals surface area contributed by atoms with Gasteiger partial charge in [-0.1, -0.05) is 70.3 Å². The fraction of sp³-hybridized carbons (Fsp3) is 0.778. The van der Waals surface area contributed by atoms with Crippen LogP contribution in [0.3, 0.4) is 0 Å². The molecule has 0 saturated heterocycles. The fourth-order valence-corrected chi connectivity index (χ4v) is 3.06. The van der Waals surface area contributed by atoms with E-state index < -0.39 is 0 Å². The van der Waals surface area contributed by atoms with E-state index in [2.05, 4.69) is 31.2 Å². The highest BCUT2D eigenvalue weighted by Gasteiger charge is 2.10. The Balaban J connectivity index is 3.49. The summed E-state index contributed by atoms with van der Waals surface area (Å²) >= 11 is 0. The molecule has 1 atom stereocenters. The largest absolute Gasteiger partial charge is 0.465 e. The van der Waals surface area contributed by atoms with Crippen LogP contribution in [0.1, 0.15) is 97.3 Å². The number of hydrogen-bond acceptors (Lipinski definition) is 5. The van der Waals surface area contributed by atoms with Gasteiger partial charge in [-0.05, 0) is 52.6 Å². The first kappa shape index (κ1) is 30.4. The van der Waals surface area contributed by atoms with Crippen molar-refractivity contribution < 1.29 is 19.1 Å². The Kier molecular flexibility index (Phi) is 21.4. The van der Waals surface area contributed by atoms with Gasteiger partial charge < -0.3 is 14.4 Å². The molecule has 0 aliphatic heterocycles. The van der Waals surface area contributed by atoms with Crippen molar-refractivity contribution >= 4 is 11.9 Å². The minimum absolute atomic E-state index is 0.0202. The smallest absolute Gasteiger partial charge is 0.307 e. The van der Waals surface area contributed by atoms with Gasteiger partial charge in [0, 0.05) is 18.9 Å². The van der Waals surface area contributed by atoms with E-state index in [9.17, 15) is 9.59 Å². The summed E-state index contributed by atoms with van der Waals surface area (Å²) in [6.45, 7) is 5.44. The quantitative estimate of drug-likeness (QED) is 0.114. The standard InChI is InChI=1S/C27H49NO4/c1-5-6-7-8-9-10-11-12-13-14-15-16-17-18-19-20-26(29)31-23-25(2)24-32-27(30)21-22-28(3)4/h9-10,12-13,25H,5-8,11,14-24H2,1-4H3/b10-9-,13-12-. The molecule has 0 saturated carbocycles. The fourth-order valence-electron chi connectivity index (χ4n) is 3.06. The van der Waals surface area contributed by atoms with Gasteiger partial charge in [-0.15, -0.1) is 0 Å². The highest BCUT2D eigenvalue weighted by Crippen LogP contribution is 2.09. The molecule has 0 spiro atoms. The SMILES string of the molecule is CCCCC/C=C\C/C=C\CCCCCCCC(=O)OCC(C)COC(=O)CCN(C)C. The van der Waals surface area contributed by atoms with Gasteiger partial charge in [0.2, 0.25) is 0 Å². The Bertz CT molecular complexity index is 514. The van der Waals surface area contributed by atoms with Gasteiger partial charge in [0.05, 0.1) is 19.6 Å². The number of esters is 2. The zero-order valence-electron chi connectivity index (χ0n) is 21.3. The van der Waals surface area contributed by atoms with Crippen LogP contribution in [0.2, 0.25) is 0 Å². The van der Waals surface area contributed by atoms with Crippen LogP contribution in [0.4, 0.5) is 0 Å². The van der Waals surface area contributed by atoms with Crippen LogP contribution < -0.4 is 0 Å². The van der Waals surface area contributed by atoms with E-state index in [0.717, 1.165) is 32.1 Å². The van der Waals surface area contributed by atoms with Crippen LogP contribution >= 0.6 is 0 Å². The molecule has 5 nitrogen and oxygen atoms in total. The molecule has 0 aromatic heterocycles. The Hall–Kier alpha value is -1.62. The lowest BCUT2D eigenvalue weighted by atomic mass is 10.1. The van der Waals surface area contributed by atoms with Crippen LogP contribution in [0, 0.1) is 5.92 Å². The molecule has 0 amide bonds. The second-order valence-electron chi connectivity index (χ2n) is 9.01. The van der Waals surface area contributed by atoms with Crippen molar-refractivity contribution in [3.63, 3.8) is 0 Å². The van der Waals surface area contributed by atoms with Crippen molar-refractivity contribution in [1.82, 2.24) is 4.90 Å². The first-order valence-electron chi connectivity index (χ1n) is 12.7. The summed E-state index contributed by atoms with van der Waals surface area (Å²) < 4.78 is 10.5. The second-order valence-corrected chi connectivity index (χ2v) is 9.01. The van der Waals surface area contributed by atoms with Crippen molar-refractivity contribution in [2.24, 2.45) is 5.92 Å². The number of hydrogen-bond donors (Lipinski definition) is 0. The lowest BCUT2D eigenvalue weighted by molar-refractivity contribution is -0.148. The summed E-state index contributed by atoms with van der Waals surface area (Å²) in [6, 6.07) is 0. The molecular formula is C27H49NO4. The maximum absolute atomic E-state index is 11.8. The average molecular weight is 452 g/mol. The predicted octanol–water partition coefficient (Wildman–Crippen LogP) is 6.47. The van der Waals surface area contributed by atoms with Crippen LogP contribution in [0.15, 0.2) is 24.3 Å². The highest BCUT2D eigenvalue weighted by molar-refractivity contribution is 5.69. The topological polar surface area (TPSA) is 55.8 Å². The Morgan fingerprint density at radius 3 is 1.88 bits per heavy atom. The molecule has 0 heterocycles. The summed E-state index contributed by atoms with van der Waals surface area (Å²) in [6.07, 6.45) is 22.8. The molecule has 1 unspecified atom stereocenters. The van der Waals surface area contributed by atoms with Crippen molar-refractivity contribution in [2.45, 2.75) is 97.3 Å². The third kappa shape index (κ3) is 23.1. The van der Waals surface area contributed by atoms with Crippen molar-refractivity contribution in [3.05, 3.63) is 24.3 Å². The lowest BCUT2D eigenvalue weighted by Gasteiger charge is -2.13. The molecule has 0 rings (SSSR count). The van der Waals surface area contributed by atoms with Crippen molar-refractivity contribution in [2.75, 3.05) is 33.9 Å². The van der Waals surface area contributed by atoms with Crippen molar-refractivity contribution in [1.29, 1.82) is 0 Å². The molecule has 0 N–H and O–H groups in total. The number of carbonyl (C=O) groups is 2. The summed E-state index contributed by atoms with van der Waals surface area (Å²) in [5.74, 6) is -0.338. The second kappa shape index (κ2) is 22.6. The van der Waals surface area contributed by atoms with Gasteiger partial charge in [0.15, 0.2) is 0 Å². The normalized spacial score (nSPS) is 12.7. The molecule has 32 heavy (non-hydrogen) atoms. The van der Waals surface area contributed by atoms with Gasteiger partial charge in [-0.25, -0.2) is 0 Å². The maximum atomic E-state index is 11.8. The third-order valence-corrected chi connectivity index (χ3v) is 5.15. The van der Waals surface area contributed by atoms with Gasteiger partial charge in [0.1, 0.15) is 0 Å². The third-order valence-electron chi connectivity index (χ3n) is 5.15. The molecule has 0 radical (unpaired) electrons. The Labute approximate surface area is 197 Å². The van der Waals surface area contributed by atoms with E-state index in [-0.39, 0.29) is 17.9 Å². The van der Waals surface area contributed by atoms with E-state index in [1.54, 1.807) is 0 Å². The van der Waals surface area contributed by atoms with Crippen LogP contribution in [0.25, 0.3) is 0 Å². The number of unbranched alkanes of at least 4 members (excludes halogenated alkanes) is 8. The Morgan fingerprint density at radius 1 is 0.750 bits per heavy atom. The first-order valence-corrected chi connectivity index (χ1v) is 12.7. The summed E-state index contributed by atoms with van der Waals surface area (Å²) in [5.41, 5.74) is 0. The zero-order valence-corrected chi connectivity index (χ0v) is 21.3. The Morgan fingerprint density at radius 2 is 1.28 bits per heavy atom. The summed E-state index contributed by atoms with van der Waals surface area (Å²) in [7, 11) is 3.84. The maximum Gasteiger partial charge on any atom is 0.307 e. The van der Waals surface area contributed by atoms with Gasteiger partial charge in [-0.3, -0.25) is 9.59 Å².